The zero-order valence-corrected chi connectivity index (χ0v) is 13.8. The fraction of sp³-hybridized carbons (Fsp3) is 0. The van der Waals surface area contributed by atoms with Crippen molar-refractivity contribution in [2.45, 2.75) is 0 Å². The van der Waals surface area contributed by atoms with Crippen LogP contribution in [0.1, 0.15) is 0 Å². The van der Waals surface area contributed by atoms with Crippen LogP contribution in [0.5, 0.6) is 0 Å². The Morgan fingerprint density at radius 3 is 1.87 bits per heavy atom. The van der Waals surface area contributed by atoms with Crippen molar-refractivity contribution in [3.63, 3.8) is 0 Å². The molecule has 4 nitrogen and oxygen atoms in total. The molecule has 2 aromatic carbocycles. The molecular weight excluding hydrogens is 354 g/mol. The first-order chi connectivity index (χ1) is 10.9. The molecule has 3 aromatic rings. The summed E-state index contributed by atoms with van der Waals surface area (Å²) in [5.74, 6) is 0. The van der Waals surface area contributed by atoms with Gasteiger partial charge in [0.05, 0.1) is 16.2 Å². The molecule has 0 aliphatic carbocycles. The van der Waals surface area contributed by atoms with Gasteiger partial charge in [-0.25, -0.2) is 0 Å². The van der Waals surface area contributed by atoms with E-state index in [1.807, 2.05) is 42.6 Å². The third-order valence-electron chi connectivity index (χ3n) is 2.71. The van der Waals surface area contributed by atoms with E-state index in [4.69, 9.17) is 25.6 Å². The third-order valence-corrected chi connectivity index (χ3v) is 3.03. The maximum Gasteiger partial charge on any atom is 0 e. The normalized spacial score (nSPS) is 7.78. The molecule has 0 amide bonds. The topological polar surface area (TPSA) is 64.6 Å². The fourth-order valence-corrected chi connectivity index (χ4v) is 2.17. The Kier molecular flexibility index (Phi) is 13.8. The van der Waals surface area contributed by atoms with Gasteiger partial charge >= 0.3 is 33.9 Å². The quantitative estimate of drug-likeness (QED) is 0.460. The predicted octanol–water partition coefficient (Wildman–Crippen LogP) is 4.17. The van der Waals surface area contributed by atoms with Crippen LogP contribution in [-0.4, -0.2) is 4.57 Å². The van der Waals surface area contributed by atoms with Crippen LogP contribution in [0.25, 0.3) is 16.6 Å². The average Bonchev–Trinajstić information content (AvgIpc) is 3.05. The molecule has 1 heterocycles. The number of aromatic nitrogens is 1. The molecule has 0 radical (unpaired) electrons. The van der Waals surface area contributed by atoms with Crippen LogP contribution in [0.15, 0.2) is 60.8 Å². The molecule has 0 aliphatic rings. The molecule has 23 heavy (non-hydrogen) atoms. The first-order valence-electron chi connectivity index (χ1n) is 5.78. The van der Waals surface area contributed by atoms with Crippen LogP contribution in [0.2, 0.25) is 5.02 Å². The van der Waals surface area contributed by atoms with Gasteiger partial charge in [-0.1, -0.05) is 41.9 Å². The zero-order valence-electron chi connectivity index (χ0n) is 11.7. The molecule has 3 rings (SSSR count). The summed E-state index contributed by atoms with van der Waals surface area (Å²) >= 11 is 6.20. The maximum atomic E-state index is 7.50. The van der Waals surface area contributed by atoms with E-state index in [2.05, 4.69) is 42.7 Å². The van der Waals surface area contributed by atoms with Gasteiger partial charge in [-0.3, -0.25) is 0 Å². The second kappa shape index (κ2) is 13.7. The number of nitrogens with zero attached hydrogens (tertiary/aromatic N) is 1. The Labute approximate surface area is 150 Å². The molecule has 0 saturated carbocycles. The van der Waals surface area contributed by atoms with Crippen molar-refractivity contribution in [2.75, 3.05) is 0 Å². The van der Waals surface area contributed by atoms with Gasteiger partial charge in [0.2, 0.25) is 0 Å². The van der Waals surface area contributed by atoms with E-state index in [0.29, 0.717) is 0 Å². The number of benzene rings is 2. The van der Waals surface area contributed by atoms with E-state index in [0.717, 1.165) is 10.7 Å². The van der Waals surface area contributed by atoms with E-state index >= 15 is 0 Å². The summed E-state index contributed by atoms with van der Waals surface area (Å²) < 4.78 is 24.6. The van der Waals surface area contributed by atoms with E-state index in [1.54, 1.807) is 0 Å². The van der Waals surface area contributed by atoms with Gasteiger partial charge < -0.3 is 4.57 Å². The minimum Gasteiger partial charge on any atom is 0 e. The number of halogens is 1. The van der Waals surface area contributed by atoms with Gasteiger partial charge in [-0.05, 0) is 29.7 Å². The number of rotatable bonds is 1. The first-order valence-corrected chi connectivity index (χ1v) is 6.16. The average molecular weight is 364 g/mol. The van der Waals surface area contributed by atoms with Crippen LogP contribution in [-0.2, 0) is 31.3 Å². The van der Waals surface area contributed by atoms with Crippen LogP contribution < -0.4 is 0 Å². The Morgan fingerprint density at radius 2 is 1.26 bits per heavy atom. The van der Waals surface area contributed by atoms with Crippen molar-refractivity contribution in [3.8, 4) is 5.69 Å². The van der Waals surface area contributed by atoms with Gasteiger partial charge in [0.25, 0.3) is 0 Å². The molecule has 6 heteroatoms. The summed E-state index contributed by atoms with van der Waals surface area (Å²) in [6.45, 7) is 13.5. The molecular formula is C17H10ClCrNO3. The monoisotopic (exact) mass is 363 g/mol. The van der Waals surface area contributed by atoms with Crippen LogP contribution in [0.3, 0.4) is 0 Å². The maximum absolute atomic E-state index is 7.50. The molecule has 114 valence electrons. The SMILES string of the molecule is Clc1ccccc1-n1ccc2ccccc21.[C-]#[O+].[C-]#[O+].[C-]#[O+].[Cr]. The summed E-state index contributed by atoms with van der Waals surface area (Å²) in [5.41, 5.74) is 2.20. The van der Waals surface area contributed by atoms with Gasteiger partial charge in [-0.2, -0.15) is 0 Å². The molecule has 0 N–H and O–H groups in total. The molecule has 1 aromatic heterocycles. The summed E-state index contributed by atoms with van der Waals surface area (Å²) in [4.78, 5) is 0. The molecule has 0 fully saturated rings. The van der Waals surface area contributed by atoms with Crippen molar-refractivity contribution in [1.29, 1.82) is 0 Å². The number of para-hydroxylation sites is 2. The Hall–Kier alpha value is -1.98. The molecule has 0 aliphatic heterocycles. The van der Waals surface area contributed by atoms with Crippen molar-refractivity contribution in [1.82, 2.24) is 4.57 Å². The van der Waals surface area contributed by atoms with E-state index in [1.165, 1.54) is 10.9 Å². The summed E-state index contributed by atoms with van der Waals surface area (Å²) in [6, 6.07) is 18.2. The molecule has 0 unspecified atom stereocenters. The van der Waals surface area contributed by atoms with Crippen molar-refractivity contribution in [3.05, 3.63) is 85.8 Å². The van der Waals surface area contributed by atoms with Gasteiger partial charge in [0.15, 0.2) is 0 Å². The van der Waals surface area contributed by atoms with Crippen LogP contribution in [0.4, 0.5) is 0 Å². The van der Waals surface area contributed by atoms with E-state index < -0.39 is 0 Å². The molecule has 0 bridgehead atoms. The minimum atomic E-state index is 0. The van der Waals surface area contributed by atoms with Gasteiger partial charge in [0, 0.05) is 23.6 Å². The van der Waals surface area contributed by atoms with Crippen molar-refractivity contribution >= 4 is 22.5 Å². The van der Waals surface area contributed by atoms with Gasteiger partial charge in [0.1, 0.15) is 0 Å². The minimum absolute atomic E-state index is 0. The zero-order chi connectivity index (χ0) is 17.0. The number of hydrogen-bond acceptors (Lipinski definition) is 0. The van der Waals surface area contributed by atoms with Crippen molar-refractivity contribution in [2.24, 2.45) is 0 Å². The van der Waals surface area contributed by atoms with Crippen LogP contribution in [0, 0.1) is 20.0 Å². The Bertz CT molecular complexity index is 764. The summed E-state index contributed by atoms with van der Waals surface area (Å²) in [7, 11) is 0. The Balaban J connectivity index is 0. The standard InChI is InChI=1S/C14H10ClN.3CO.Cr/c15-12-6-2-4-8-14(12)16-10-9-11-5-1-3-7-13(11)16;3*1-2;/h1-10H;;;;. The summed E-state index contributed by atoms with van der Waals surface area (Å²) in [5, 5.41) is 1.99. The van der Waals surface area contributed by atoms with Gasteiger partial charge in [-0.15, -0.1) is 0 Å². The molecule has 0 atom stereocenters. The number of fused-ring (bicyclic) bond motifs is 1. The second-order valence-electron chi connectivity index (χ2n) is 3.70. The molecule has 0 spiro atoms. The predicted molar refractivity (Wildman–Crippen MR) is 80.1 cm³/mol. The smallest absolute Gasteiger partial charge is 0 e. The van der Waals surface area contributed by atoms with E-state index in [9.17, 15) is 0 Å². The van der Waals surface area contributed by atoms with E-state index in [-0.39, 0.29) is 17.4 Å². The third kappa shape index (κ3) is 5.96. The fourth-order valence-electron chi connectivity index (χ4n) is 1.94. The molecule has 0 saturated heterocycles. The second-order valence-corrected chi connectivity index (χ2v) is 4.10. The number of hydrogen-bond donors (Lipinski definition) is 0. The van der Waals surface area contributed by atoms with Crippen molar-refractivity contribution < 1.29 is 31.3 Å². The summed E-state index contributed by atoms with van der Waals surface area (Å²) in [6.07, 6.45) is 2.05. The van der Waals surface area contributed by atoms with Crippen LogP contribution >= 0.6 is 11.6 Å². The first kappa shape index (κ1) is 23.3. The Morgan fingerprint density at radius 1 is 0.739 bits per heavy atom. The largest absolute Gasteiger partial charge is 0 e.